The van der Waals surface area contributed by atoms with E-state index in [1.807, 2.05) is 0 Å². The summed E-state index contributed by atoms with van der Waals surface area (Å²) in [7, 11) is 0. The zero-order chi connectivity index (χ0) is 23.9. The predicted molar refractivity (Wildman–Crippen MR) is 102 cm³/mol. The molecule has 3 rings (SSSR count). The summed E-state index contributed by atoms with van der Waals surface area (Å²) in [5, 5.41) is 80.8. The fourth-order valence-corrected chi connectivity index (χ4v) is 4.18. The van der Waals surface area contributed by atoms with Gasteiger partial charge in [0, 0.05) is 0 Å². The van der Waals surface area contributed by atoms with E-state index in [1.54, 1.807) is 6.92 Å². The van der Waals surface area contributed by atoms with Crippen LogP contribution in [0.1, 0.15) is 20.8 Å². The van der Waals surface area contributed by atoms with Crippen LogP contribution >= 0.6 is 0 Å². The van der Waals surface area contributed by atoms with Crippen LogP contribution in [0, 0.1) is 0 Å². The zero-order valence-electron chi connectivity index (χ0n) is 18.0. The summed E-state index contributed by atoms with van der Waals surface area (Å²) in [5.74, 6) is 0. The van der Waals surface area contributed by atoms with Crippen molar-refractivity contribution in [3.63, 3.8) is 0 Å². The first kappa shape index (κ1) is 26.1. The van der Waals surface area contributed by atoms with E-state index in [0.717, 1.165) is 0 Å². The van der Waals surface area contributed by atoms with Crippen molar-refractivity contribution in [2.45, 2.75) is 113 Å². The Morgan fingerprint density at radius 3 is 1.41 bits per heavy atom. The second-order valence-electron chi connectivity index (χ2n) is 8.62. The lowest BCUT2D eigenvalue weighted by molar-refractivity contribution is -0.360. The minimum atomic E-state index is -1.65. The molecular weight excluding hydrogens is 436 g/mol. The van der Waals surface area contributed by atoms with Gasteiger partial charge in [0.05, 0.1) is 24.9 Å². The van der Waals surface area contributed by atoms with Gasteiger partial charge in [0.15, 0.2) is 12.6 Å². The van der Waals surface area contributed by atoms with Gasteiger partial charge in [0.1, 0.15) is 61.0 Å². The number of aliphatic hydroxyl groups excluding tert-OH is 8. The molecule has 3 aliphatic heterocycles. The summed E-state index contributed by atoms with van der Waals surface area (Å²) in [5.41, 5.74) is 0. The van der Waals surface area contributed by atoms with Gasteiger partial charge in [-0.15, -0.1) is 0 Å². The standard InChI is InChI=1S/C19H34O13/c1-5-9(21)11(23)13(25)18(29-5)31-16-7(3)28-8(4-20)17(15(16)27)32-19-14(26)12(24)10(22)6(2)30-19/h5-27H,4H2,1-3H3/t5?,6?,7-,8?,9-,10-,11-,12-,13?,14?,15+,16?,17+,18-,19-/m0/s1. The van der Waals surface area contributed by atoms with Crippen LogP contribution in [0.4, 0.5) is 0 Å². The molecule has 3 saturated heterocycles. The Bertz CT molecular complexity index is 610. The summed E-state index contributed by atoms with van der Waals surface area (Å²) in [4.78, 5) is 0. The normalized spacial score (nSPS) is 55.0. The molecule has 6 unspecified atom stereocenters. The van der Waals surface area contributed by atoms with E-state index in [1.165, 1.54) is 13.8 Å². The lowest BCUT2D eigenvalue weighted by Crippen LogP contribution is -2.65. The van der Waals surface area contributed by atoms with Crippen LogP contribution in [0.25, 0.3) is 0 Å². The topological polar surface area (TPSA) is 208 Å². The molecule has 3 heterocycles. The van der Waals surface area contributed by atoms with Crippen molar-refractivity contribution >= 4 is 0 Å². The van der Waals surface area contributed by atoms with Crippen molar-refractivity contribution in [2.75, 3.05) is 6.61 Å². The van der Waals surface area contributed by atoms with Crippen LogP contribution in [0.3, 0.4) is 0 Å². The quantitative estimate of drug-likeness (QED) is 0.191. The molecule has 13 nitrogen and oxygen atoms in total. The highest BCUT2D eigenvalue weighted by atomic mass is 16.7. The maximum Gasteiger partial charge on any atom is 0.187 e. The Morgan fingerprint density at radius 2 is 0.969 bits per heavy atom. The molecule has 3 aliphatic rings. The molecule has 32 heavy (non-hydrogen) atoms. The molecule has 0 radical (unpaired) electrons. The highest BCUT2D eigenvalue weighted by Crippen LogP contribution is 2.32. The lowest BCUT2D eigenvalue weighted by atomic mass is 9.94. The molecule has 15 atom stereocenters. The average molecular weight is 470 g/mol. The SMILES string of the molecule is CC1O[C@@H](OC2[C@H](C)OC(CO)[C@@H](O[C@@H]3OC(C)[C@H](O)[C@H](O)C3O)[C@@H]2O)C(O)[C@@H](O)[C@H]1O. The number of ether oxygens (including phenoxy) is 5. The highest BCUT2D eigenvalue weighted by molar-refractivity contribution is 4.96. The van der Waals surface area contributed by atoms with Crippen LogP contribution in [-0.2, 0) is 23.7 Å². The Kier molecular flexibility index (Phi) is 8.48. The molecule has 0 spiro atoms. The first-order chi connectivity index (χ1) is 15.0. The van der Waals surface area contributed by atoms with Gasteiger partial charge in [0.25, 0.3) is 0 Å². The number of aliphatic hydroxyl groups is 8. The molecule has 13 heteroatoms. The summed E-state index contributed by atoms with van der Waals surface area (Å²) in [6.45, 7) is 3.92. The number of hydrogen-bond acceptors (Lipinski definition) is 13. The van der Waals surface area contributed by atoms with Crippen molar-refractivity contribution in [3.05, 3.63) is 0 Å². The third kappa shape index (κ3) is 4.95. The molecule has 188 valence electrons. The van der Waals surface area contributed by atoms with Crippen molar-refractivity contribution in [2.24, 2.45) is 0 Å². The van der Waals surface area contributed by atoms with Crippen molar-refractivity contribution in [3.8, 4) is 0 Å². The van der Waals surface area contributed by atoms with Gasteiger partial charge < -0.3 is 64.5 Å². The van der Waals surface area contributed by atoms with Gasteiger partial charge in [0.2, 0.25) is 0 Å². The van der Waals surface area contributed by atoms with Gasteiger partial charge in [-0.05, 0) is 20.8 Å². The van der Waals surface area contributed by atoms with E-state index in [2.05, 4.69) is 0 Å². The third-order valence-corrected chi connectivity index (χ3v) is 6.27. The van der Waals surface area contributed by atoms with Crippen molar-refractivity contribution in [1.82, 2.24) is 0 Å². The lowest BCUT2D eigenvalue weighted by Gasteiger charge is -2.48. The zero-order valence-corrected chi connectivity index (χ0v) is 18.0. The van der Waals surface area contributed by atoms with E-state index >= 15 is 0 Å². The summed E-state index contributed by atoms with van der Waals surface area (Å²) < 4.78 is 27.8. The molecule has 0 amide bonds. The van der Waals surface area contributed by atoms with Gasteiger partial charge in [-0.2, -0.15) is 0 Å². The van der Waals surface area contributed by atoms with Gasteiger partial charge in [-0.25, -0.2) is 0 Å². The first-order valence-electron chi connectivity index (χ1n) is 10.6. The molecule has 0 saturated carbocycles. The van der Waals surface area contributed by atoms with Crippen molar-refractivity contribution in [1.29, 1.82) is 0 Å². The van der Waals surface area contributed by atoms with Crippen LogP contribution in [0.2, 0.25) is 0 Å². The molecule has 0 bridgehead atoms. The molecule has 0 aromatic heterocycles. The monoisotopic (exact) mass is 470 g/mol. The van der Waals surface area contributed by atoms with E-state index < -0.39 is 98.5 Å². The molecular formula is C19H34O13. The average Bonchev–Trinajstić information content (AvgIpc) is 2.76. The summed E-state index contributed by atoms with van der Waals surface area (Å²) in [6, 6.07) is 0. The van der Waals surface area contributed by atoms with Crippen LogP contribution in [-0.4, -0.2) is 139 Å². The Balaban J connectivity index is 1.74. The fourth-order valence-electron chi connectivity index (χ4n) is 4.18. The van der Waals surface area contributed by atoms with Gasteiger partial charge in [-0.3, -0.25) is 0 Å². The van der Waals surface area contributed by atoms with E-state index in [-0.39, 0.29) is 0 Å². The Labute approximate surface area is 184 Å². The van der Waals surface area contributed by atoms with Crippen LogP contribution < -0.4 is 0 Å². The molecule has 0 aromatic carbocycles. The second-order valence-corrected chi connectivity index (χ2v) is 8.62. The largest absolute Gasteiger partial charge is 0.394 e. The van der Waals surface area contributed by atoms with Gasteiger partial charge >= 0.3 is 0 Å². The third-order valence-electron chi connectivity index (χ3n) is 6.27. The Morgan fingerprint density at radius 1 is 0.531 bits per heavy atom. The van der Waals surface area contributed by atoms with Gasteiger partial charge in [-0.1, -0.05) is 0 Å². The maximum atomic E-state index is 11.0. The maximum absolute atomic E-state index is 11.0. The van der Waals surface area contributed by atoms with Crippen LogP contribution in [0.5, 0.6) is 0 Å². The highest BCUT2D eigenvalue weighted by Gasteiger charge is 2.52. The molecule has 0 aromatic rings. The molecule has 0 aliphatic carbocycles. The number of hydrogen-bond donors (Lipinski definition) is 8. The summed E-state index contributed by atoms with van der Waals surface area (Å²) in [6.07, 6.45) is -19.5. The first-order valence-corrected chi connectivity index (χ1v) is 10.6. The van der Waals surface area contributed by atoms with E-state index in [4.69, 9.17) is 23.7 Å². The second kappa shape index (κ2) is 10.4. The number of rotatable bonds is 5. The molecule has 8 N–H and O–H groups in total. The van der Waals surface area contributed by atoms with E-state index in [0.29, 0.717) is 0 Å². The Hall–Kier alpha value is -0.520. The predicted octanol–water partition coefficient (Wildman–Crippen LogP) is -4.45. The minimum absolute atomic E-state index is 0.563. The van der Waals surface area contributed by atoms with E-state index in [9.17, 15) is 40.9 Å². The summed E-state index contributed by atoms with van der Waals surface area (Å²) >= 11 is 0. The van der Waals surface area contributed by atoms with Crippen molar-refractivity contribution < 1.29 is 64.5 Å². The molecule has 3 fully saturated rings. The smallest absolute Gasteiger partial charge is 0.187 e. The fraction of sp³-hybridized carbons (Fsp3) is 1.00. The van der Waals surface area contributed by atoms with Crippen LogP contribution in [0.15, 0.2) is 0 Å². The minimum Gasteiger partial charge on any atom is -0.394 e.